The molecule has 1 heterocycles. The number of rotatable bonds is 6. The molecule has 0 spiro atoms. The molecule has 0 N–H and O–H groups in total. The summed E-state index contributed by atoms with van der Waals surface area (Å²) in [4.78, 5) is 17.1. The average Bonchev–Trinajstić information content (AvgIpc) is 2.65. The molecule has 0 radical (unpaired) electrons. The lowest BCUT2D eigenvalue weighted by molar-refractivity contribution is 0.101. The fourth-order valence-corrected chi connectivity index (χ4v) is 3.19. The van der Waals surface area contributed by atoms with Gasteiger partial charge in [-0.15, -0.1) is 11.8 Å². The van der Waals surface area contributed by atoms with E-state index in [1.807, 2.05) is 24.5 Å². The number of ether oxygens (including phenoxy) is 2. The number of benzene rings is 2. The zero-order valence-corrected chi connectivity index (χ0v) is 16.3. The quantitative estimate of drug-likeness (QED) is 0.322. The van der Waals surface area contributed by atoms with E-state index >= 15 is 0 Å². The Hall–Kier alpha value is -2.24. The third-order valence-electron chi connectivity index (χ3n) is 4.00. The molecular weight excluding hydrogens is 370 g/mol. The van der Waals surface area contributed by atoms with Crippen LogP contribution in [0.2, 0.25) is 5.15 Å². The second-order valence-corrected chi connectivity index (χ2v) is 6.95. The summed E-state index contributed by atoms with van der Waals surface area (Å²) >= 11 is 7.99. The summed E-state index contributed by atoms with van der Waals surface area (Å²) in [7, 11) is 1.54. The Morgan fingerprint density at radius 1 is 1.15 bits per heavy atom. The molecule has 0 fully saturated rings. The first-order chi connectivity index (χ1) is 12.5. The number of thioether (sulfide) groups is 1. The Bertz CT molecular complexity index is 975. The summed E-state index contributed by atoms with van der Waals surface area (Å²) in [6.07, 6.45) is 2.02. The van der Waals surface area contributed by atoms with Gasteiger partial charge in [-0.1, -0.05) is 17.7 Å². The van der Waals surface area contributed by atoms with E-state index in [-0.39, 0.29) is 12.4 Å². The Morgan fingerprint density at radius 3 is 2.65 bits per heavy atom. The fourth-order valence-electron chi connectivity index (χ4n) is 2.56. The first kappa shape index (κ1) is 18.5. The van der Waals surface area contributed by atoms with Crippen molar-refractivity contribution in [3.63, 3.8) is 0 Å². The summed E-state index contributed by atoms with van der Waals surface area (Å²) in [6, 6.07) is 13.2. The number of ketones is 1. The molecule has 0 amide bonds. The van der Waals surface area contributed by atoms with Gasteiger partial charge in [-0.3, -0.25) is 4.79 Å². The van der Waals surface area contributed by atoms with E-state index in [0.717, 1.165) is 21.4 Å². The Morgan fingerprint density at radius 2 is 1.96 bits per heavy atom. The zero-order valence-electron chi connectivity index (χ0n) is 14.7. The molecule has 3 rings (SSSR count). The number of fused-ring (bicyclic) bond motifs is 1. The normalized spacial score (nSPS) is 10.8. The van der Waals surface area contributed by atoms with E-state index in [0.29, 0.717) is 22.2 Å². The largest absolute Gasteiger partial charge is 0.493 e. The maximum Gasteiger partial charge on any atom is 0.161 e. The molecule has 0 saturated carbocycles. The number of halogens is 1. The van der Waals surface area contributed by atoms with Crippen molar-refractivity contribution < 1.29 is 14.3 Å². The highest BCUT2D eigenvalue weighted by atomic mass is 35.5. The molecular formula is C20H18ClNO3S. The number of hydrogen-bond donors (Lipinski definition) is 0. The smallest absolute Gasteiger partial charge is 0.161 e. The van der Waals surface area contributed by atoms with Crippen molar-refractivity contribution in [2.75, 3.05) is 13.4 Å². The minimum absolute atomic E-state index is 0.0266. The molecule has 6 heteroatoms. The average molecular weight is 388 g/mol. The van der Waals surface area contributed by atoms with Crippen LogP contribution in [0.4, 0.5) is 0 Å². The third-order valence-corrected chi connectivity index (χ3v) is 5.06. The standard InChI is InChI=1S/C20H18ClNO3S/c1-12(23)13-5-7-18(19(9-13)24-2)25-11-15-8-14-4-6-16(26-3)10-17(14)22-20(15)21/h4-10H,11H2,1-3H3. The number of carbonyl (C=O) groups is 1. The van der Waals surface area contributed by atoms with Crippen LogP contribution in [0, 0.1) is 0 Å². The predicted molar refractivity (Wildman–Crippen MR) is 106 cm³/mol. The van der Waals surface area contributed by atoms with Gasteiger partial charge in [0.1, 0.15) is 11.8 Å². The SMILES string of the molecule is COc1cc(C(C)=O)ccc1OCc1cc2ccc(SC)cc2nc1Cl. The van der Waals surface area contributed by atoms with Gasteiger partial charge in [-0.2, -0.15) is 0 Å². The van der Waals surface area contributed by atoms with Gasteiger partial charge in [-0.05, 0) is 49.6 Å². The molecule has 0 aliphatic heterocycles. The maximum atomic E-state index is 11.5. The van der Waals surface area contributed by atoms with Crippen LogP contribution in [-0.4, -0.2) is 24.1 Å². The van der Waals surface area contributed by atoms with Gasteiger partial charge in [0, 0.05) is 21.4 Å². The molecule has 26 heavy (non-hydrogen) atoms. The molecule has 0 atom stereocenters. The number of methoxy groups -OCH3 is 1. The van der Waals surface area contributed by atoms with Crippen LogP contribution >= 0.6 is 23.4 Å². The van der Waals surface area contributed by atoms with Crippen molar-refractivity contribution in [1.29, 1.82) is 0 Å². The van der Waals surface area contributed by atoms with Gasteiger partial charge in [0.2, 0.25) is 0 Å². The highest BCUT2D eigenvalue weighted by Gasteiger charge is 2.11. The lowest BCUT2D eigenvalue weighted by Gasteiger charge is -2.13. The van der Waals surface area contributed by atoms with Gasteiger partial charge < -0.3 is 9.47 Å². The Labute approximate surface area is 161 Å². The van der Waals surface area contributed by atoms with E-state index in [4.69, 9.17) is 21.1 Å². The minimum Gasteiger partial charge on any atom is -0.493 e. The van der Waals surface area contributed by atoms with E-state index < -0.39 is 0 Å². The number of aromatic nitrogens is 1. The van der Waals surface area contributed by atoms with E-state index in [1.54, 1.807) is 37.1 Å². The summed E-state index contributed by atoms with van der Waals surface area (Å²) in [5.74, 6) is 1.03. The first-order valence-corrected chi connectivity index (χ1v) is 9.57. The van der Waals surface area contributed by atoms with Crippen molar-refractivity contribution in [1.82, 2.24) is 4.98 Å². The summed E-state index contributed by atoms with van der Waals surface area (Å²) < 4.78 is 11.2. The van der Waals surface area contributed by atoms with E-state index in [2.05, 4.69) is 11.1 Å². The molecule has 0 unspecified atom stereocenters. The predicted octanol–water partition coefficient (Wildman–Crippen LogP) is 5.40. The number of Topliss-reactive ketones (excluding diaryl/α,β-unsaturated/α-hetero) is 1. The molecule has 3 aromatic rings. The minimum atomic E-state index is -0.0266. The van der Waals surface area contributed by atoms with E-state index in [1.165, 1.54) is 6.92 Å². The van der Waals surface area contributed by atoms with Gasteiger partial charge in [0.05, 0.1) is 12.6 Å². The first-order valence-electron chi connectivity index (χ1n) is 7.96. The Kier molecular flexibility index (Phi) is 5.69. The number of carbonyl (C=O) groups excluding carboxylic acids is 1. The van der Waals surface area contributed by atoms with Crippen molar-refractivity contribution in [3.8, 4) is 11.5 Å². The van der Waals surface area contributed by atoms with Crippen LogP contribution in [-0.2, 0) is 6.61 Å². The van der Waals surface area contributed by atoms with Crippen molar-refractivity contribution >= 4 is 40.0 Å². The highest BCUT2D eigenvalue weighted by Crippen LogP contribution is 2.30. The monoisotopic (exact) mass is 387 g/mol. The molecule has 0 saturated heterocycles. The fraction of sp³-hybridized carbons (Fsp3) is 0.200. The molecule has 134 valence electrons. The van der Waals surface area contributed by atoms with Crippen molar-refractivity contribution in [3.05, 3.63) is 58.7 Å². The second-order valence-electron chi connectivity index (χ2n) is 5.71. The Balaban J connectivity index is 1.85. The molecule has 0 bridgehead atoms. The van der Waals surface area contributed by atoms with Gasteiger partial charge in [-0.25, -0.2) is 4.98 Å². The van der Waals surface area contributed by atoms with E-state index in [9.17, 15) is 4.79 Å². The van der Waals surface area contributed by atoms with Crippen LogP contribution < -0.4 is 9.47 Å². The number of nitrogens with zero attached hydrogens (tertiary/aromatic N) is 1. The van der Waals surface area contributed by atoms with Gasteiger partial charge >= 0.3 is 0 Å². The van der Waals surface area contributed by atoms with Crippen molar-refractivity contribution in [2.24, 2.45) is 0 Å². The molecule has 2 aromatic carbocycles. The van der Waals surface area contributed by atoms with Crippen LogP contribution in [0.15, 0.2) is 47.4 Å². The summed E-state index contributed by atoms with van der Waals surface area (Å²) in [5.41, 5.74) is 2.21. The van der Waals surface area contributed by atoms with Crippen LogP contribution in [0.3, 0.4) is 0 Å². The lowest BCUT2D eigenvalue weighted by atomic mass is 10.1. The summed E-state index contributed by atoms with van der Waals surface area (Å²) in [5, 5.41) is 1.42. The topological polar surface area (TPSA) is 48.4 Å². The molecule has 1 aromatic heterocycles. The zero-order chi connectivity index (χ0) is 18.7. The third kappa shape index (κ3) is 3.94. The highest BCUT2D eigenvalue weighted by molar-refractivity contribution is 7.98. The van der Waals surface area contributed by atoms with Gasteiger partial charge in [0.25, 0.3) is 0 Å². The molecule has 4 nitrogen and oxygen atoms in total. The lowest BCUT2D eigenvalue weighted by Crippen LogP contribution is -2.01. The van der Waals surface area contributed by atoms with Crippen LogP contribution in [0.25, 0.3) is 10.9 Å². The van der Waals surface area contributed by atoms with Crippen LogP contribution in [0.1, 0.15) is 22.8 Å². The number of pyridine rings is 1. The van der Waals surface area contributed by atoms with Crippen molar-refractivity contribution in [2.45, 2.75) is 18.4 Å². The van der Waals surface area contributed by atoms with Crippen LogP contribution in [0.5, 0.6) is 11.5 Å². The molecule has 0 aliphatic rings. The second kappa shape index (κ2) is 7.98. The maximum absolute atomic E-state index is 11.5. The summed E-state index contributed by atoms with van der Waals surface area (Å²) in [6.45, 7) is 1.76. The number of hydrogen-bond acceptors (Lipinski definition) is 5. The molecule has 0 aliphatic carbocycles. The van der Waals surface area contributed by atoms with Gasteiger partial charge in [0.15, 0.2) is 17.3 Å².